The van der Waals surface area contributed by atoms with Crippen LogP contribution in [0, 0.1) is 0 Å². The van der Waals surface area contributed by atoms with Crippen molar-refractivity contribution in [2.45, 2.75) is 25.0 Å². The van der Waals surface area contributed by atoms with E-state index >= 15 is 0 Å². The predicted octanol–water partition coefficient (Wildman–Crippen LogP) is -7.53. The Morgan fingerprint density at radius 2 is 0.900 bits per heavy atom. The molecule has 10 nitrogen and oxygen atoms in total. The van der Waals surface area contributed by atoms with Crippen LogP contribution in [0.15, 0.2) is 0 Å². The second-order valence-electron chi connectivity index (χ2n) is 2.77. The van der Waals surface area contributed by atoms with E-state index in [1.807, 2.05) is 0 Å². The molecule has 0 bridgehead atoms. The van der Waals surface area contributed by atoms with Crippen LogP contribution in [0.25, 0.3) is 0 Å². The van der Waals surface area contributed by atoms with Crippen molar-refractivity contribution < 1.29 is 88.8 Å². The van der Waals surface area contributed by atoms with Crippen LogP contribution in [0.2, 0.25) is 0 Å². The molecule has 0 aromatic rings. The first-order chi connectivity index (χ1) is 8.09. The zero-order valence-corrected chi connectivity index (χ0v) is 16.1. The van der Waals surface area contributed by atoms with Crippen molar-refractivity contribution in [2.24, 2.45) is 0 Å². The minimum absolute atomic E-state index is 0. The summed E-state index contributed by atoms with van der Waals surface area (Å²) in [6.07, 6.45) is -5.82. The van der Waals surface area contributed by atoms with Crippen LogP contribution in [0.4, 0.5) is 0 Å². The number of carboxylic acid groups (broad SMARTS) is 4. The predicted molar refractivity (Wildman–Crippen MR) is 41.3 cm³/mol. The Kier molecular flexibility index (Phi) is 19.8. The second kappa shape index (κ2) is 14.5. The summed E-state index contributed by atoms with van der Waals surface area (Å²) in [6, 6.07) is 0. The van der Waals surface area contributed by atoms with E-state index in [2.05, 4.69) is 0 Å². The summed E-state index contributed by atoms with van der Waals surface area (Å²) in [7, 11) is 0. The van der Waals surface area contributed by atoms with Crippen molar-refractivity contribution in [1.82, 2.24) is 0 Å². The largest absolute Gasteiger partial charge is 2.00 e. The maximum atomic E-state index is 9.63. The van der Waals surface area contributed by atoms with Crippen LogP contribution >= 0.6 is 0 Å². The van der Waals surface area contributed by atoms with Crippen LogP contribution in [-0.2, 0) is 58.1 Å². The van der Waals surface area contributed by atoms with Gasteiger partial charge in [0.15, 0.2) is 0 Å². The van der Waals surface area contributed by atoms with Crippen molar-refractivity contribution >= 4 is 23.9 Å². The van der Waals surface area contributed by atoms with Crippen LogP contribution in [0.3, 0.4) is 0 Å². The molecule has 0 saturated carbocycles. The van der Waals surface area contributed by atoms with Crippen molar-refractivity contribution in [2.75, 3.05) is 0 Å². The number of carbonyl (C=O) groups excluding carboxylic acids is 4. The van der Waals surface area contributed by atoms with E-state index in [1.54, 1.807) is 0 Å². The van der Waals surface area contributed by atoms with Gasteiger partial charge in [-0.3, -0.25) is 0 Å². The Labute approximate surface area is 137 Å². The molecule has 2 N–H and O–H groups in total. The molecule has 0 aromatic heterocycles. The van der Waals surface area contributed by atoms with Crippen molar-refractivity contribution in [3.8, 4) is 0 Å². The maximum Gasteiger partial charge on any atom is 2.00 e. The molecule has 104 valence electrons. The molecule has 20 heavy (non-hydrogen) atoms. The summed E-state index contributed by atoms with van der Waals surface area (Å²) in [6.45, 7) is 0. The van der Waals surface area contributed by atoms with Gasteiger partial charge in [-0.25, -0.2) is 0 Å². The van der Waals surface area contributed by atoms with Crippen LogP contribution < -0.4 is 20.4 Å². The molecule has 0 fully saturated rings. The third-order valence-electron chi connectivity index (χ3n) is 1.32. The van der Waals surface area contributed by atoms with Gasteiger partial charge >= 0.3 is 39.0 Å². The number of hydrogen-bond donors (Lipinski definition) is 2. The summed E-state index contributed by atoms with van der Waals surface area (Å²) in [5.74, 6) is -6.85. The third-order valence-corrected chi connectivity index (χ3v) is 1.32. The topological polar surface area (TPSA) is 201 Å². The van der Waals surface area contributed by atoms with E-state index in [-0.39, 0.29) is 39.0 Å². The van der Waals surface area contributed by atoms with Gasteiger partial charge in [0.05, 0.1) is 11.9 Å². The quantitative estimate of drug-likeness (QED) is 0.407. The minimum atomic E-state index is -2.44. The van der Waals surface area contributed by atoms with E-state index < -0.39 is 48.9 Å². The Balaban J connectivity index is -0.000000119. The molecule has 12 heteroatoms. The molecule has 0 aliphatic carbocycles. The third kappa shape index (κ3) is 17.0. The van der Waals surface area contributed by atoms with Gasteiger partial charge in [-0.1, -0.05) is 0 Å². The molecule has 0 aliphatic heterocycles. The van der Waals surface area contributed by atoms with Gasteiger partial charge in [0, 0.05) is 11.9 Å². The first kappa shape index (κ1) is 27.4. The summed E-state index contributed by atoms with van der Waals surface area (Å²) < 4.78 is 0. The molecule has 2 unspecified atom stereocenters. The number of carboxylic acids is 4. The molecular weight excluding hydrogens is 387 g/mol. The normalized spacial score (nSPS) is 11.3. The SMILES string of the molecule is O=C([O-])C(O)C(O)C(=O)[O-].O=C([O-])CCC(=O)[O-].[Zn+2].[Zn+2]. The number of carbonyl (C=O) groups is 4. The number of aliphatic carboxylic acids is 4. The van der Waals surface area contributed by atoms with Crippen LogP contribution in [-0.4, -0.2) is 46.3 Å². The summed E-state index contributed by atoms with van der Waals surface area (Å²) in [5.41, 5.74) is 0. The zero-order chi connectivity index (χ0) is 14.9. The first-order valence-electron chi connectivity index (χ1n) is 4.27. The van der Waals surface area contributed by atoms with Crippen LogP contribution in [0.1, 0.15) is 12.8 Å². The fourth-order valence-electron chi connectivity index (χ4n) is 0.462. The zero-order valence-electron chi connectivity index (χ0n) is 10.1. The maximum absolute atomic E-state index is 9.63. The second-order valence-corrected chi connectivity index (χ2v) is 2.77. The summed E-state index contributed by atoms with van der Waals surface area (Å²) in [5, 5.41) is 54.7. The Hall–Kier alpha value is -0.953. The van der Waals surface area contributed by atoms with E-state index in [1.165, 1.54) is 0 Å². The van der Waals surface area contributed by atoms with Crippen LogP contribution in [0.5, 0.6) is 0 Å². The average molecular weight is 395 g/mol. The number of hydrogen-bond acceptors (Lipinski definition) is 10. The van der Waals surface area contributed by atoms with Crippen molar-refractivity contribution in [1.29, 1.82) is 0 Å². The molecule has 0 radical (unpaired) electrons. The Morgan fingerprint density at radius 3 is 1.00 bits per heavy atom. The Morgan fingerprint density at radius 1 is 0.700 bits per heavy atom. The van der Waals surface area contributed by atoms with Crippen molar-refractivity contribution in [3.05, 3.63) is 0 Å². The average Bonchev–Trinajstić information content (AvgIpc) is 2.24. The number of aliphatic hydroxyl groups excluding tert-OH is 2. The molecule has 0 aromatic carbocycles. The molecule has 0 amide bonds. The van der Waals surface area contributed by atoms with Gasteiger partial charge in [0.2, 0.25) is 0 Å². The van der Waals surface area contributed by atoms with Gasteiger partial charge < -0.3 is 49.8 Å². The van der Waals surface area contributed by atoms with E-state index in [0.717, 1.165) is 0 Å². The Bertz CT molecular complexity index is 299. The molecule has 0 rings (SSSR count). The first-order valence-corrected chi connectivity index (χ1v) is 4.27. The molecule has 0 heterocycles. The standard InChI is InChI=1S/C4H6O6.C4H6O4.2Zn/c5-1(3(7)8)2(6)4(9)10;5-3(6)1-2-4(7)8;;/h1-2,5-6H,(H,7,8)(H,9,10);1-2H2,(H,5,6)(H,7,8);;/q;;2*+2/p-4. The molecular formula is C8H8O10Zn2. The summed E-state index contributed by atoms with van der Waals surface area (Å²) in [4.78, 5) is 38.3. The van der Waals surface area contributed by atoms with E-state index in [0.29, 0.717) is 0 Å². The van der Waals surface area contributed by atoms with Gasteiger partial charge in [-0.2, -0.15) is 0 Å². The number of aliphatic hydroxyl groups is 2. The smallest absolute Gasteiger partial charge is 0.550 e. The van der Waals surface area contributed by atoms with Gasteiger partial charge in [0.25, 0.3) is 0 Å². The van der Waals surface area contributed by atoms with E-state index in [4.69, 9.17) is 10.2 Å². The van der Waals surface area contributed by atoms with Gasteiger partial charge in [0.1, 0.15) is 12.2 Å². The number of rotatable bonds is 6. The fourth-order valence-corrected chi connectivity index (χ4v) is 0.462. The molecule has 0 spiro atoms. The van der Waals surface area contributed by atoms with Gasteiger partial charge in [-0.05, 0) is 12.8 Å². The monoisotopic (exact) mass is 392 g/mol. The molecule has 0 saturated heterocycles. The summed E-state index contributed by atoms with van der Waals surface area (Å²) >= 11 is 0. The molecule has 0 aliphatic rings. The van der Waals surface area contributed by atoms with Gasteiger partial charge in [-0.15, -0.1) is 0 Å². The van der Waals surface area contributed by atoms with E-state index in [9.17, 15) is 39.6 Å². The van der Waals surface area contributed by atoms with Crippen molar-refractivity contribution in [3.63, 3.8) is 0 Å². The minimum Gasteiger partial charge on any atom is -0.550 e. The fraction of sp³-hybridized carbons (Fsp3) is 0.500. The molecule has 2 atom stereocenters.